The summed E-state index contributed by atoms with van der Waals surface area (Å²) in [7, 11) is 0. The first-order valence-electron chi connectivity index (χ1n) is 9.40. The number of morpholine rings is 1. The maximum absolute atomic E-state index is 14.3. The Labute approximate surface area is 164 Å². The molecular weight excluding hydrogens is 361 g/mol. The first-order chi connectivity index (χ1) is 13.3. The molecule has 0 radical (unpaired) electrons. The Morgan fingerprint density at radius 2 is 2.18 bits per heavy atom. The van der Waals surface area contributed by atoms with Crippen LogP contribution in [0, 0.1) is 11.2 Å². The fourth-order valence-electron chi connectivity index (χ4n) is 3.23. The van der Waals surface area contributed by atoms with Gasteiger partial charge in [0.15, 0.2) is 11.6 Å². The second-order valence-electron chi connectivity index (χ2n) is 7.69. The summed E-state index contributed by atoms with van der Waals surface area (Å²) in [5.41, 5.74) is 6.77. The molecule has 0 bridgehead atoms. The standard InChI is InChI=1S/C20H24FN5O2.H2/c1-12-10-26(5-6-27-12)18-9-16(24-11-25-18)19(23)13-7-17(14(21)8-15(13)22)28-20(2)3-4-20;/h7-9,11-12,23H,3-6,10,22H2,1-2H3;1H/t12-;/m0./s1. The Hall–Kier alpha value is -2.74. The van der Waals surface area contributed by atoms with E-state index in [1.807, 2.05) is 13.8 Å². The van der Waals surface area contributed by atoms with Crippen molar-refractivity contribution in [1.29, 1.82) is 5.41 Å². The van der Waals surface area contributed by atoms with Gasteiger partial charge in [0.2, 0.25) is 0 Å². The van der Waals surface area contributed by atoms with Crippen molar-refractivity contribution in [2.24, 2.45) is 0 Å². The van der Waals surface area contributed by atoms with Crippen molar-refractivity contribution in [2.45, 2.75) is 38.4 Å². The fourth-order valence-corrected chi connectivity index (χ4v) is 3.23. The summed E-state index contributed by atoms with van der Waals surface area (Å²) in [6.07, 6.45) is 3.32. The molecule has 1 saturated carbocycles. The van der Waals surface area contributed by atoms with Gasteiger partial charge in [-0.15, -0.1) is 0 Å². The highest BCUT2D eigenvalue weighted by molar-refractivity contribution is 6.13. The van der Waals surface area contributed by atoms with Crippen LogP contribution in [0.1, 0.15) is 39.4 Å². The molecule has 2 aliphatic rings. The first kappa shape index (κ1) is 18.6. The predicted molar refractivity (Wildman–Crippen MR) is 107 cm³/mol. The molecule has 2 aromatic rings. The minimum absolute atomic E-state index is 0. The monoisotopic (exact) mass is 387 g/mol. The van der Waals surface area contributed by atoms with Crippen LogP contribution in [0.2, 0.25) is 0 Å². The number of nitrogen functional groups attached to an aromatic ring is 1. The van der Waals surface area contributed by atoms with Crippen LogP contribution in [0.4, 0.5) is 15.9 Å². The zero-order valence-corrected chi connectivity index (χ0v) is 16.0. The molecule has 1 aromatic heterocycles. The van der Waals surface area contributed by atoms with Gasteiger partial charge in [0, 0.05) is 37.9 Å². The van der Waals surface area contributed by atoms with Gasteiger partial charge in [-0.3, -0.25) is 5.41 Å². The molecule has 4 rings (SSSR count). The van der Waals surface area contributed by atoms with Gasteiger partial charge in [0.25, 0.3) is 0 Å². The summed E-state index contributed by atoms with van der Waals surface area (Å²) < 4.78 is 25.6. The van der Waals surface area contributed by atoms with Gasteiger partial charge < -0.3 is 20.1 Å². The Kier molecular flexibility index (Phi) is 4.66. The van der Waals surface area contributed by atoms with Crippen LogP contribution < -0.4 is 15.4 Å². The maximum atomic E-state index is 14.3. The number of nitrogens with zero attached hydrogens (tertiary/aromatic N) is 3. The topological polar surface area (TPSA) is 97.4 Å². The van der Waals surface area contributed by atoms with E-state index in [4.69, 9.17) is 20.6 Å². The number of nitrogens with two attached hydrogens (primary N) is 1. The molecule has 8 heteroatoms. The van der Waals surface area contributed by atoms with Crippen LogP contribution in [0.5, 0.6) is 5.75 Å². The van der Waals surface area contributed by atoms with Crippen LogP contribution >= 0.6 is 0 Å². The van der Waals surface area contributed by atoms with Gasteiger partial charge in [-0.1, -0.05) is 0 Å². The third-order valence-electron chi connectivity index (χ3n) is 5.16. The molecule has 0 unspecified atom stereocenters. The quantitative estimate of drug-likeness (QED) is 0.605. The zero-order chi connectivity index (χ0) is 19.9. The summed E-state index contributed by atoms with van der Waals surface area (Å²) in [5, 5.41) is 8.58. The maximum Gasteiger partial charge on any atom is 0.167 e. The summed E-state index contributed by atoms with van der Waals surface area (Å²) >= 11 is 0. The van der Waals surface area contributed by atoms with E-state index in [2.05, 4.69) is 14.9 Å². The normalized spacial score (nSPS) is 20.7. The molecule has 1 aromatic carbocycles. The molecule has 2 heterocycles. The Balaban J connectivity index is 0.00000240. The van der Waals surface area contributed by atoms with Gasteiger partial charge in [-0.2, -0.15) is 0 Å². The van der Waals surface area contributed by atoms with Crippen molar-refractivity contribution in [3.63, 3.8) is 0 Å². The molecule has 1 atom stereocenters. The number of rotatable bonds is 5. The highest BCUT2D eigenvalue weighted by Crippen LogP contribution is 2.41. The van der Waals surface area contributed by atoms with E-state index in [1.54, 1.807) is 6.07 Å². The van der Waals surface area contributed by atoms with Crippen LogP contribution in [0.3, 0.4) is 0 Å². The van der Waals surface area contributed by atoms with Gasteiger partial charge in [0.05, 0.1) is 24.1 Å². The highest BCUT2D eigenvalue weighted by atomic mass is 19.1. The van der Waals surface area contributed by atoms with Crippen molar-refractivity contribution in [3.8, 4) is 5.75 Å². The van der Waals surface area contributed by atoms with Crippen LogP contribution in [-0.4, -0.2) is 47.1 Å². The number of aromatic nitrogens is 2. The van der Waals surface area contributed by atoms with Crippen molar-refractivity contribution in [2.75, 3.05) is 30.3 Å². The van der Waals surface area contributed by atoms with Crippen LogP contribution in [-0.2, 0) is 4.74 Å². The van der Waals surface area contributed by atoms with Crippen LogP contribution in [0.15, 0.2) is 24.5 Å². The number of ether oxygens (including phenoxy) is 2. The lowest BCUT2D eigenvalue weighted by atomic mass is 10.0. The second kappa shape index (κ2) is 7.01. The smallest absolute Gasteiger partial charge is 0.167 e. The summed E-state index contributed by atoms with van der Waals surface area (Å²) in [4.78, 5) is 10.7. The molecule has 3 N–H and O–H groups in total. The van der Waals surface area contributed by atoms with E-state index >= 15 is 0 Å². The number of halogens is 1. The van der Waals surface area contributed by atoms with E-state index in [0.29, 0.717) is 17.9 Å². The minimum atomic E-state index is -0.521. The van der Waals surface area contributed by atoms with Gasteiger partial charge in [-0.05, 0) is 32.8 Å². The first-order valence-corrected chi connectivity index (χ1v) is 9.40. The third-order valence-corrected chi connectivity index (χ3v) is 5.16. The summed E-state index contributed by atoms with van der Waals surface area (Å²) in [6, 6.07) is 4.46. The lowest BCUT2D eigenvalue weighted by molar-refractivity contribution is 0.0529. The van der Waals surface area contributed by atoms with Gasteiger partial charge >= 0.3 is 0 Å². The molecule has 28 heavy (non-hydrogen) atoms. The Bertz CT molecular complexity index is 922. The number of hydrogen-bond donors (Lipinski definition) is 2. The van der Waals surface area contributed by atoms with Crippen molar-refractivity contribution >= 4 is 17.2 Å². The average molecular weight is 387 g/mol. The SMILES string of the molecule is C[C@H]1CN(c2cc(C(=N)c3cc(OC4(C)CC4)c(F)cc3N)ncn2)CCO1.[HH]. The summed E-state index contributed by atoms with van der Waals surface area (Å²) in [5.74, 6) is 0.325. The Morgan fingerprint density at radius 1 is 1.39 bits per heavy atom. The van der Waals surface area contributed by atoms with Crippen molar-refractivity contribution in [1.82, 2.24) is 9.97 Å². The van der Waals surface area contributed by atoms with Crippen molar-refractivity contribution < 1.29 is 15.3 Å². The number of benzene rings is 1. The zero-order valence-electron chi connectivity index (χ0n) is 16.0. The van der Waals surface area contributed by atoms with E-state index in [0.717, 1.165) is 31.7 Å². The molecule has 2 fully saturated rings. The van der Waals surface area contributed by atoms with Crippen molar-refractivity contribution in [3.05, 3.63) is 41.6 Å². The fraction of sp³-hybridized carbons (Fsp3) is 0.450. The largest absolute Gasteiger partial charge is 0.484 e. The third kappa shape index (κ3) is 3.77. The highest BCUT2D eigenvalue weighted by Gasteiger charge is 2.40. The molecular formula is C20H26FN5O2. The van der Waals surface area contributed by atoms with E-state index in [-0.39, 0.29) is 30.3 Å². The number of hydrogen-bond acceptors (Lipinski definition) is 7. The summed E-state index contributed by atoms with van der Waals surface area (Å²) in [6.45, 7) is 6.02. The molecule has 0 amide bonds. The van der Waals surface area contributed by atoms with Gasteiger partial charge in [-0.25, -0.2) is 14.4 Å². The molecule has 7 nitrogen and oxygen atoms in total. The Morgan fingerprint density at radius 3 is 2.89 bits per heavy atom. The van der Waals surface area contributed by atoms with E-state index in [9.17, 15) is 4.39 Å². The lowest BCUT2D eigenvalue weighted by Gasteiger charge is -2.32. The van der Waals surface area contributed by atoms with E-state index in [1.165, 1.54) is 18.5 Å². The molecule has 1 aliphatic carbocycles. The predicted octanol–water partition coefficient (Wildman–Crippen LogP) is 3.02. The average Bonchev–Trinajstić information content (AvgIpc) is 3.40. The lowest BCUT2D eigenvalue weighted by Crippen LogP contribution is -2.41. The molecule has 1 aliphatic heterocycles. The van der Waals surface area contributed by atoms with Crippen LogP contribution in [0.25, 0.3) is 0 Å². The minimum Gasteiger partial charge on any atom is -0.484 e. The van der Waals surface area contributed by atoms with E-state index < -0.39 is 5.82 Å². The molecule has 0 spiro atoms. The second-order valence-corrected chi connectivity index (χ2v) is 7.69. The number of nitrogens with one attached hydrogen (secondary N) is 1. The molecule has 150 valence electrons. The van der Waals surface area contributed by atoms with Gasteiger partial charge in [0.1, 0.15) is 17.7 Å². The molecule has 1 saturated heterocycles. The number of anilines is 2.